The van der Waals surface area contributed by atoms with Gasteiger partial charge in [0.2, 0.25) is 0 Å². The predicted molar refractivity (Wildman–Crippen MR) is 73.4 cm³/mol. The van der Waals surface area contributed by atoms with Crippen molar-refractivity contribution in [2.24, 2.45) is 0 Å². The van der Waals surface area contributed by atoms with E-state index in [1.54, 1.807) is 24.5 Å². The average Bonchev–Trinajstić information content (AvgIpc) is 2.84. The fraction of sp³-hybridized carbons (Fsp3) is 0.500. The summed E-state index contributed by atoms with van der Waals surface area (Å²) in [5.41, 5.74) is 0.715. The predicted octanol–water partition coefficient (Wildman–Crippen LogP) is 1.82. The molecule has 0 aliphatic carbocycles. The van der Waals surface area contributed by atoms with Crippen molar-refractivity contribution in [3.63, 3.8) is 0 Å². The molecule has 1 N–H and O–H groups in total. The number of carbonyl (C=O) groups is 2. The van der Waals surface area contributed by atoms with Gasteiger partial charge in [-0.25, -0.2) is 13.6 Å². The largest absolute Gasteiger partial charge is 0.481 e. The van der Waals surface area contributed by atoms with E-state index in [0.717, 1.165) is 4.90 Å². The van der Waals surface area contributed by atoms with Crippen LogP contribution in [0.2, 0.25) is 0 Å². The van der Waals surface area contributed by atoms with Crippen LogP contribution in [0.25, 0.3) is 0 Å². The molecule has 1 aliphatic heterocycles. The van der Waals surface area contributed by atoms with Crippen molar-refractivity contribution in [1.29, 1.82) is 0 Å². The van der Waals surface area contributed by atoms with E-state index in [9.17, 15) is 18.4 Å². The molecule has 1 saturated heterocycles. The summed E-state index contributed by atoms with van der Waals surface area (Å²) in [5, 5.41) is 8.77. The number of halogens is 2. The molecule has 1 fully saturated rings. The van der Waals surface area contributed by atoms with Gasteiger partial charge < -0.3 is 14.9 Å². The molecule has 0 radical (unpaired) electrons. The van der Waals surface area contributed by atoms with Crippen LogP contribution in [0, 0.1) is 0 Å². The van der Waals surface area contributed by atoms with Crippen molar-refractivity contribution in [3.8, 4) is 0 Å². The summed E-state index contributed by atoms with van der Waals surface area (Å²) in [7, 11) is 0. The molecule has 2 rings (SSSR count). The average molecular weight is 313 g/mol. The van der Waals surface area contributed by atoms with Gasteiger partial charge in [-0.15, -0.1) is 0 Å². The van der Waals surface area contributed by atoms with E-state index in [2.05, 4.69) is 4.98 Å². The minimum absolute atomic E-state index is 0.0254. The van der Waals surface area contributed by atoms with Crippen molar-refractivity contribution >= 4 is 12.0 Å². The number of aliphatic carboxylic acids is 1. The number of rotatable bonds is 5. The maximum absolute atomic E-state index is 13.2. The zero-order valence-electron chi connectivity index (χ0n) is 11.9. The summed E-state index contributed by atoms with van der Waals surface area (Å²) in [6.45, 7) is -0.544. The van der Waals surface area contributed by atoms with Crippen molar-refractivity contribution < 1.29 is 23.5 Å². The Bertz CT molecular complexity index is 539. The molecule has 0 aromatic carbocycles. The number of pyridine rings is 1. The normalized spacial score (nSPS) is 16.5. The minimum atomic E-state index is -2.87. The Hall–Kier alpha value is -2.25. The molecule has 0 bridgehead atoms. The third-order valence-corrected chi connectivity index (χ3v) is 3.40. The number of hydrogen-bond acceptors (Lipinski definition) is 3. The lowest BCUT2D eigenvalue weighted by Crippen LogP contribution is -2.43. The highest BCUT2D eigenvalue weighted by Crippen LogP contribution is 2.27. The Morgan fingerprint density at radius 2 is 2.23 bits per heavy atom. The second-order valence-electron chi connectivity index (χ2n) is 5.24. The van der Waals surface area contributed by atoms with Crippen LogP contribution in [0.4, 0.5) is 13.6 Å². The van der Waals surface area contributed by atoms with Gasteiger partial charge in [-0.1, -0.05) is 6.07 Å². The third kappa shape index (κ3) is 4.37. The Kier molecular flexibility index (Phi) is 4.89. The summed E-state index contributed by atoms with van der Waals surface area (Å²) in [4.78, 5) is 29.3. The molecule has 0 saturated carbocycles. The zero-order valence-corrected chi connectivity index (χ0v) is 11.9. The number of urea groups is 1. The molecule has 2 amide bonds. The number of carboxylic acids is 1. The number of amides is 2. The van der Waals surface area contributed by atoms with E-state index in [4.69, 9.17) is 5.11 Å². The Morgan fingerprint density at radius 1 is 1.45 bits per heavy atom. The second-order valence-corrected chi connectivity index (χ2v) is 5.24. The van der Waals surface area contributed by atoms with Gasteiger partial charge in [-0.2, -0.15) is 0 Å². The molecule has 0 spiro atoms. The number of hydrogen-bond donors (Lipinski definition) is 1. The molecule has 22 heavy (non-hydrogen) atoms. The molecule has 0 atom stereocenters. The first-order chi connectivity index (χ1) is 10.4. The molecule has 1 aromatic rings. The van der Waals surface area contributed by atoms with Crippen LogP contribution in [-0.4, -0.2) is 57.4 Å². The molecule has 1 aromatic heterocycles. The molecule has 6 nitrogen and oxygen atoms in total. The molecule has 0 unspecified atom stereocenters. The lowest BCUT2D eigenvalue weighted by Gasteiger charge is -2.27. The van der Waals surface area contributed by atoms with Crippen LogP contribution < -0.4 is 0 Å². The van der Waals surface area contributed by atoms with E-state index < -0.39 is 24.5 Å². The summed E-state index contributed by atoms with van der Waals surface area (Å²) in [5.74, 6) is -3.92. The van der Waals surface area contributed by atoms with Crippen LogP contribution in [0.1, 0.15) is 18.4 Å². The van der Waals surface area contributed by atoms with Crippen molar-refractivity contribution in [1.82, 2.24) is 14.8 Å². The van der Waals surface area contributed by atoms with Crippen LogP contribution in [-0.2, 0) is 11.3 Å². The van der Waals surface area contributed by atoms with Crippen molar-refractivity contribution in [2.75, 3.05) is 19.6 Å². The first-order valence-corrected chi connectivity index (χ1v) is 6.90. The van der Waals surface area contributed by atoms with Crippen molar-refractivity contribution in [2.45, 2.75) is 25.3 Å². The maximum atomic E-state index is 13.2. The molecular formula is C14H17F2N3O3. The lowest BCUT2D eigenvalue weighted by atomic mass is 10.2. The number of aromatic nitrogens is 1. The molecule has 2 heterocycles. The Morgan fingerprint density at radius 3 is 2.77 bits per heavy atom. The van der Waals surface area contributed by atoms with E-state index in [0.29, 0.717) is 5.56 Å². The summed E-state index contributed by atoms with van der Waals surface area (Å²) < 4.78 is 26.5. The van der Waals surface area contributed by atoms with Gasteiger partial charge >= 0.3 is 12.0 Å². The topological polar surface area (TPSA) is 73.7 Å². The highest BCUT2D eigenvalue weighted by molar-refractivity contribution is 5.76. The van der Waals surface area contributed by atoms with Gasteiger partial charge in [0.05, 0.1) is 13.0 Å². The second kappa shape index (κ2) is 6.67. The van der Waals surface area contributed by atoms with E-state index in [1.807, 2.05) is 0 Å². The quantitative estimate of drug-likeness (QED) is 0.900. The van der Waals surface area contributed by atoms with E-state index >= 15 is 0 Å². The number of likely N-dealkylation sites (tertiary alicyclic amines) is 1. The Labute approximate surface area is 126 Å². The van der Waals surface area contributed by atoms with E-state index in [-0.39, 0.29) is 32.5 Å². The summed E-state index contributed by atoms with van der Waals surface area (Å²) in [6, 6.07) is 2.87. The number of carbonyl (C=O) groups excluding carboxylic acids is 1. The van der Waals surface area contributed by atoms with Gasteiger partial charge in [0, 0.05) is 38.4 Å². The summed E-state index contributed by atoms with van der Waals surface area (Å²) in [6.07, 6.45) is 2.53. The highest BCUT2D eigenvalue weighted by atomic mass is 19.3. The van der Waals surface area contributed by atoms with Crippen molar-refractivity contribution in [3.05, 3.63) is 30.1 Å². The standard InChI is InChI=1S/C14H17F2N3O3/c15-14(16)4-7-19(10-14)13(22)18(6-3-12(20)21)9-11-2-1-5-17-8-11/h1-2,5,8H,3-4,6-7,9-10H2,(H,20,21). The summed E-state index contributed by atoms with van der Waals surface area (Å²) >= 11 is 0. The van der Waals surface area contributed by atoms with Gasteiger partial charge in [0.25, 0.3) is 5.92 Å². The monoisotopic (exact) mass is 313 g/mol. The molecule has 8 heteroatoms. The smallest absolute Gasteiger partial charge is 0.320 e. The van der Waals surface area contributed by atoms with Gasteiger partial charge in [-0.05, 0) is 11.6 Å². The molecular weight excluding hydrogens is 296 g/mol. The lowest BCUT2D eigenvalue weighted by molar-refractivity contribution is -0.137. The van der Waals surface area contributed by atoms with Gasteiger partial charge in [0.1, 0.15) is 0 Å². The van der Waals surface area contributed by atoms with Crippen LogP contribution in [0.5, 0.6) is 0 Å². The Balaban J connectivity index is 2.06. The molecule has 120 valence electrons. The van der Waals surface area contributed by atoms with Crippen LogP contribution in [0.15, 0.2) is 24.5 Å². The molecule has 1 aliphatic rings. The minimum Gasteiger partial charge on any atom is -0.481 e. The SMILES string of the molecule is O=C(O)CCN(Cc1cccnc1)C(=O)N1CCC(F)(F)C1. The van der Waals surface area contributed by atoms with Gasteiger partial charge in [-0.3, -0.25) is 9.78 Å². The first kappa shape index (κ1) is 16.1. The first-order valence-electron chi connectivity index (χ1n) is 6.90. The van der Waals surface area contributed by atoms with Crippen LogP contribution in [0.3, 0.4) is 0 Å². The maximum Gasteiger partial charge on any atom is 0.320 e. The zero-order chi connectivity index (χ0) is 16.2. The van der Waals surface area contributed by atoms with Gasteiger partial charge in [0.15, 0.2) is 0 Å². The fourth-order valence-corrected chi connectivity index (χ4v) is 2.28. The number of alkyl halides is 2. The number of carboxylic acid groups (broad SMARTS) is 1. The van der Waals surface area contributed by atoms with E-state index in [1.165, 1.54) is 4.90 Å². The third-order valence-electron chi connectivity index (χ3n) is 3.40. The number of nitrogens with zero attached hydrogens (tertiary/aromatic N) is 3. The van der Waals surface area contributed by atoms with Crippen LogP contribution >= 0.6 is 0 Å². The fourth-order valence-electron chi connectivity index (χ4n) is 2.28. The highest BCUT2D eigenvalue weighted by Gasteiger charge is 2.41.